The summed E-state index contributed by atoms with van der Waals surface area (Å²) in [6.45, 7) is 0. The Morgan fingerprint density at radius 2 is 1.90 bits per heavy atom. The van der Waals surface area contributed by atoms with Crippen LogP contribution in [0, 0.1) is 17.7 Å². The number of nitrogens with one attached hydrogen (secondary N) is 1. The number of hydrogen-bond acceptors (Lipinski definition) is 3. The molecule has 0 unspecified atom stereocenters. The monoisotopic (exact) mass is 311 g/mol. The van der Waals surface area contributed by atoms with Gasteiger partial charge in [0.25, 0.3) is 0 Å². The first-order valence-corrected chi connectivity index (χ1v) is 6.67. The van der Waals surface area contributed by atoms with Crippen molar-refractivity contribution in [3.63, 3.8) is 0 Å². The average molecular weight is 312 g/mol. The maximum atomic E-state index is 13.1. The number of benzene rings is 1. The molecule has 1 aromatic rings. The molecule has 4 atom stereocenters. The number of ether oxygens (including phenoxy) is 1. The summed E-state index contributed by atoms with van der Waals surface area (Å²) in [6.07, 6.45) is 2.21. The number of carboxylic acid groups (broad SMARTS) is 1. The minimum absolute atomic E-state index is 0.119. The highest BCUT2D eigenvalue weighted by Crippen LogP contribution is 2.39. The Balaban J connectivity index is 1.80. The summed E-state index contributed by atoms with van der Waals surface area (Å²) in [5.74, 6) is -3.90. The van der Waals surface area contributed by atoms with Crippen LogP contribution in [0.15, 0.2) is 30.4 Å². The Labute approximate surface area is 124 Å². The van der Waals surface area contributed by atoms with Gasteiger partial charge in [0.1, 0.15) is 11.7 Å². The number of hydrogen-bond donors (Lipinski definition) is 2. The van der Waals surface area contributed by atoms with Gasteiger partial charge in [-0.05, 0) is 18.2 Å². The lowest BCUT2D eigenvalue weighted by atomic mass is 9.82. The van der Waals surface area contributed by atoms with Crippen LogP contribution < -0.4 is 5.32 Å². The molecule has 7 heteroatoms. The van der Waals surface area contributed by atoms with E-state index in [2.05, 4.69) is 5.32 Å². The van der Waals surface area contributed by atoms with Gasteiger partial charge in [0.15, 0.2) is 0 Å². The minimum Gasteiger partial charge on any atom is -0.481 e. The zero-order valence-corrected chi connectivity index (χ0v) is 11.4. The summed E-state index contributed by atoms with van der Waals surface area (Å²) < 4.78 is 18.5. The van der Waals surface area contributed by atoms with Gasteiger partial charge >= 0.3 is 5.97 Å². The number of aliphatic carboxylic acids is 1. The summed E-state index contributed by atoms with van der Waals surface area (Å²) in [7, 11) is 0. The molecule has 110 valence electrons. The second kappa shape index (κ2) is 5.13. The molecule has 0 saturated carbocycles. The molecule has 2 N–H and O–H groups in total. The first-order chi connectivity index (χ1) is 9.97. The van der Waals surface area contributed by atoms with Gasteiger partial charge in [-0.2, -0.15) is 0 Å². The van der Waals surface area contributed by atoms with Crippen LogP contribution in [0.4, 0.5) is 10.1 Å². The van der Waals surface area contributed by atoms with Gasteiger partial charge in [0, 0.05) is 5.69 Å². The summed E-state index contributed by atoms with van der Waals surface area (Å²) in [5, 5.41) is 11.7. The van der Waals surface area contributed by atoms with Crippen LogP contribution in [0.25, 0.3) is 0 Å². The smallest absolute Gasteiger partial charge is 0.310 e. The van der Waals surface area contributed by atoms with Crippen molar-refractivity contribution in [1.82, 2.24) is 0 Å². The van der Waals surface area contributed by atoms with Gasteiger partial charge in [0.2, 0.25) is 5.91 Å². The van der Waals surface area contributed by atoms with Crippen LogP contribution in [0.2, 0.25) is 5.02 Å². The molecule has 0 aliphatic carbocycles. The Morgan fingerprint density at radius 3 is 2.52 bits per heavy atom. The molecule has 1 aromatic carbocycles. The molecule has 2 aliphatic heterocycles. The average Bonchev–Trinajstić information content (AvgIpc) is 3.03. The Hall–Kier alpha value is -1.92. The van der Waals surface area contributed by atoms with Crippen LogP contribution in [0.1, 0.15) is 0 Å². The fraction of sp³-hybridized carbons (Fsp3) is 0.286. The number of anilines is 1. The molecule has 2 heterocycles. The maximum absolute atomic E-state index is 13.1. The normalized spacial score (nSPS) is 29.6. The van der Waals surface area contributed by atoms with Crippen molar-refractivity contribution >= 4 is 29.2 Å². The topological polar surface area (TPSA) is 75.6 Å². The van der Waals surface area contributed by atoms with Crippen LogP contribution >= 0.6 is 11.6 Å². The van der Waals surface area contributed by atoms with Crippen LogP contribution in [0.3, 0.4) is 0 Å². The van der Waals surface area contributed by atoms with E-state index in [9.17, 15) is 19.1 Å². The highest BCUT2D eigenvalue weighted by Gasteiger charge is 2.53. The zero-order valence-electron chi connectivity index (χ0n) is 10.6. The minimum atomic E-state index is -1.08. The second-order valence-electron chi connectivity index (χ2n) is 4.96. The van der Waals surface area contributed by atoms with Crippen molar-refractivity contribution in [2.24, 2.45) is 11.8 Å². The highest BCUT2D eigenvalue weighted by atomic mass is 35.5. The summed E-state index contributed by atoms with van der Waals surface area (Å²) >= 11 is 5.64. The molecule has 2 bridgehead atoms. The molecule has 1 saturated heterocycles. The van der Waals surface area contributed by atoms with E-state index in [1.54, 1.807) is 12.2 Å². The molecule has 21 heavy (non-hydrogen) atoms. The fourth-order valence-electron chi connectivity index (χ4n) is 2.71. The number of fused-ring (bicyclic) bond motifs is 2. The lowest BCUT2D eigenvalue weighted by molar-refractivity contribution is -0.145. The van der Waals surface area contributed by atoms with Crippen molar-refractivity contribution in [3.8, 4) is 0 Å². The van der Waals surface area contributed by atoms with E-state index < -0.39 is 41.7 Å². The maximum Gasteiger partial charge on any atom is 0.310 e. The van der Waals surface area contributed by atoms with E-state index in [0.717, 1.165) is 6.07 Å². The quantitative estimate of drug-likeness (QED) is 0.838. The predicted molar refractivity (Wildman–Crippen MR) is 72.5 cm³/mol. The second-order valence-corrected chi connectivity index (χ2v) is 5.37. The molecule has 0 spiro atoms. The summed E-state index contributed by atoms with van der Waals surface area (Å²) in [5.41, 5.74) is 0.308. The third-order valence-corrected chi connectivity index (χ3v) is 3.96. The largest absolute Gasteiger partial charge is 0.481 e. The molecule has 1 fully saturated rings. The standard InChI is InChI=1S/C14H11ClFNO4/c15-7-5-6(1-2-8(7)16)17-13(18)11-9-3-4-10(21-9)12(11)14(19)20/h1-5,9-12H,(H,17,18)(H,19,20)/t9-,10-,11-,12-/m0/s1. The fourth-order valence-corrected chi connectivity index (χ4v) is 2.90. The number of carbonyl (C=O) groups excluding carboxylic acids is 1. The Kier molecular flexibility index (Phi) is 3.43. The van der Waals surface area contributed by atoms with Crippen molar-refractivity contribution in [3.05, 3.63) is 41.2 Å². The van der Waals surface area contributed by atoms with Crippen LogP contribution in [0.5, 0.6) is 0 Å². The van der Waals surface area contributed by atoms with Crippen molar-refractivity contribution in [2.45, 2.75) is 12.2 Å². The van der Waals surface area contributed by atoms with Crippen molar-refractivity contribution in [2.75, 3.05) is 5.32 Å². The predicted octanol–water partition coefficient (Wildman–Crippen LogP) is 2.07. The van der Waals surface area contributed by atoms with E-state index in [0.29, 0.717) is 5.69 Å². The van der Waals surface area contributed by atoms with Crippen LogP contribution in [-0.4, -0.2) is 29.2 Å². The highest BCUT2D eigenvalue weighted by molar-refractivity contribution is 6.31. The van der Waals surface area contributed by atoms with E-state index >= 15 is 0 Å². The summed E-state index contributed by atoms with van der Waals surface area (Å²) in [4.78, 5) is 23.6. The van der Waals surface area contributed by atoms with E-state index in [-0.39, 0.29) is 5.02 Å². The summed E-state index contributed by atoms with van der Waals surface area (Å²) in [6, 6.07) is 3.76. The third-order valence-electron chi connectivity index (χ3n) is 3.67. The molecule has 5 nitrogen and oxygen atoms in total. The van der Waals surface area contributed by atoms with Gasteiger partial charge in [-0.3, -0.25) is 9.59 Å². The van der Waals surface area contributed by atoms with Crippen LogP contribution in [-0.2, 0) is 14.3 Å². The molecule has 2 aliphatic rings. The zero-order chi connectivity index (χ0) is 15.1. The molecule has 0 radical (unpaired) electrons. The molecular weight excluding hydrogens is 301 g/mol. The SMILES string of the molecule is O=C(O)[C@@H]1[C@@H](C(=O)Nc2ccc(F)c(Cl)c2)[C@@H]2C=C[C@@H]1O2. The first-order valence-electron chi connectivity index (χ1n) is 6.30. The van der Waals surface area contributed by atoms with Gasteiger partial charge in [-0.1, -0.05) is 23.8 Å². The Morgan fingerprint density at radius 1 is 1.24 bits per heavy atom. The van der Waals surface area contributed by atoms with Gasteiger partial charge < -0.3 is 15.2 Å². The van der Waals surface area contributed by atoms with E-state index in [1.807, 2.05) is 0 Å². The first kappa shape index (κ1) is 14.0. The molecule has 1 amide bonds. The van der Waals surface area contributed by atoms with Gasteiger partial charge in [-0.25, -0.2) is 4.39 Å². The lowest BCUT2D eigenvalue weighted by Gasteiger charge is -2.21. The Bertz CT molecular complexity index is 648. The molecule has 3 rings (SSSR count). The van der Waals surface area contributed by atoms with Gasteiger partial charge in [-0.15, -0.1) is 0 Å². The number of rotatable bonds is 3. The molecule has 0 aromatic heterocycles. The number of amides is 1. The van der Waals surface area contributed by atoms with Gasteiger partial charge in [0.05, 0.1) is 23.1 Å². The number of carboxylic acids is 1. The van der Waals surface area contributed by atoms with Crippen molar-refractivity contribution < 1.29 is 23.8 Å². The number of carbonyl (C=O) groups is 2. The van der Waals surface area contributed by atoms with Crippen molar-refractivity contribution in [1.29, 1.82) is 0 Å². The molecular formula is C14H11ClFNO4. The van der Waals surface area contributed by atoms with E-state index in [4.69, 9.17) is 16.3 Å². The third kappa shape index (κ3) is 2.41. The number of halogens is 2. The lowest BCUT2D eigenvalue weighted by Crippen LogP contribution is -2.39. The van der Waals surface area contributed by atoms with E-state index in [1.165, 1.54) is 12.1 Å².